The van der Waals surface area contributed by atoms with E-state index in [1.165, 1.54) is 25.3 Å². The number of ether oxygens (including phenoxy) is 1. The fourth-order valence-corrected chi connectivity index (χ4v) is 2.17. The van der Waals surface area contributed by atoms with Crippen molar-refractivity contribution in [2.45, 2.75) is 20.3 Å². The van der Waals surface area contributed by atoms with Gasteiger partial charge in [0.2, 0.25) is 0 Å². The number of anilines is 1. The number of carbonyl (C=O) groups is 2. The molecule has 2 rings (SSSR count). The fourth-order valence-electron chi connectivity index (χ4n) is 2.00. The monoisotopic (exact) mass is 322 g/mol. The SMILES string of the molecule is CCc1noc(C)c1C(=O)Nc1cc(C(=O)OC)ccc1Cl. The molecule has 1 amide bonds. The number of nitrogens with one attached hydrogen (secondary N) is 1. The zero-order valence-electron chi connectivity index (χ0n) is 12.4. The zero-order valence-corrected chi connectivity index (χ0v) is 13.2. The summed E-state index contributed by atoms with van der Waals surface area (Å²) in [4.78, 5) is 23.9. The van der Waals surface area contributed by atoms with Crippen LogP contribution in [0.25, 0.3) is 0 Å². The van der Waals surface area contributed by atoms with Crippen molar-refractivity contribution in [3.8, 4) is 0 Å². The summed E-state index contributed by atoms with van der Waals surface area (Å²) in [5.74, 6) is -0.475. The lowest BCUT2D eigenvalue weighted by Gasteiger charge is -2.09. The Hall–Kier alpha value is -2.34. The van der Waals surface area contributed by atoms with E-state index >= 15 is 0 Å². The summed E-state index contributed by atoms with van der Waals surface area (Å²) in [5.41, 5.74) is 1.55. The maximum Gasteiger partial charge on any atom is 0.337 e. The lowest BCUT2D eigenvalue weighted by molar-refractivity contribution is 0.0600. The number of rotatable bonds is 4. The van der Waals surface area contributed by atoms with Gasteiger partial charge in [0.05, 0.1) is 29.1 Å². The summed E-state index contributed by atoms with van der Waals surface area (Å²) < 4.78 is 9.68. The zero-order chi connectivity index (χ0) is 16.3. The van der Waals surface area contributed by atoms with Crippen molar-refractivity contribution < 1.29 is 18.8 Å². The maximum absolute atomic E-state index is 12.4. The van der Waals surface area contributed by atoms with E-state index in [4.69, 9.17) is 16.1 Å². The van der Waals surface area contributed by atoms with Gasteiger partial charge in [-0.15, -0.1) is 0 Å². The van der Waals surface area contributed by atoms with Crippen LogP contribution in [0.4, 0.5) is 5.69 Å². The lowest BCUT2D eigenvalue weighted by Crippen LogP contribution is -2.15. The van der Waals surface area contributed by atoms with Crippen LogP contribution in [0.15, 0.2) is 22.7 Å². The number of nitrogens with zero attached hydrogens (tertiary/aromatic N) is 1. The van der Waals surface area contributed by atoms with Gasteiger partial charge in [-0.1, -0.05) is 23.7 Å². The van der Waals surface area contributed by atoms with Crippen LogP contribution in [0.1, 0.15) is 39.1 Å². The summed E-state index contributed by atoms with van der Waals surface area (Å²) in [7, 11) is 1.28. The molecule has 116 valence electrons. The van der Waals surface area contributed by atoms with Crippen LogP contribution in [-0.4, -0.2) is 24.1 Å². The first-order valence-electron chi connectivity index (χ1n) is 6.62. The number of aryl methyl sites for hydroxylation is 2. The number of halogens is 1. The highest BCUT2D eigenvalue weighted by atomic mass is 35.5. The molecule has 0 bridgehead atoms. The molecule has 0 fully saturated rings. The average molecular weight is 323 g/mol. The fraction of sp³-hybridized carbons (Fsp3) is 0.267. The summed E-state index contributed by atoms with van der Waals surface area (Å²) in [6, 6.07) is 4.50. The highest BCUT2D eigenvalue weighted by molar-refractivity contribution is 6.34. The number of amides is 1. The van der Waals surface area contributed by atoms with Gasteiger partial charge in [0, 0.05) is 0 Å². The van der Waals surface area contributed by atoms with Crippen LogP contribution in [0.2, 0.25) is 5.02 Å². The minimum absolute atomic E-state index is 0.292. The molecule has 0 spiro atoms. The van der Waals surface area contributed by atoms with E-state index in [0.29, 0.717) is 39.7 Å². The maximum atomic E-state index is 12.4. The smallest absolute Gasteiger partial charge is 0.337 e. The topological polar surface area (TPSA) is 81.4 Å². The van der Waals surface area contributed by atoms with Crippen molar-refractivity contribution in [1.29, 1.82) is 0 Å². The van der Waals surface area contributed by atoms with Crippen LogP contribution in [0, 0.1) is 6.92 Å². The van der Waals surface area contributed by atoms with Gasteiger partial charge in [0.1, 0.15) is 11.3 Å². The number of methoxy groups -OCH3 is 1. The Labute approximate surface area is 132 Å². The van der Waals surface area contributed by atoms with Gasteiger partial charge in [0.25, 0.3) is 5.91 Å². The molecule has 1 N–H and O–H groups in total. The molecule has 1 heterocycles. The molecule has 0 saturated heterocycles. The van der Waals surface area contributed by atoms with Gasteiger partial charge >= 0.3 is 5.97 Å². The molecule has 1 aromatic carbocycles. The van der Waals surface area contributed by atoms with Gasteiger partial charge in [-0.25, -0.2) is 4.79 Å². The van der Waals surface area contributed by atoms with Crippen molar-refractivity contribution in [2.24, 2.45) is 0 Å². The third kappa shape index (κ3) is 3.12. The standard InChI is InChI=1S/C15H15ClN2O4/c1-4-11-13(8(2)22-18-11)14(19)17-12-7-9(15(20)21-3)5-6-10(12)16/h5-7H,4H2,1-3H3,(H,17,19). The Balaban J connectivity index is 2.32. The van der Waals surface area contributed by atoms with E-state index < -0.39 is 5.97 Å². The molecule has 1 aromatic heterocycles. The normalized spacial score (nSPS) is 10.4. The number of carbonyl (C=O) groups excluding carboxylic acids is 2. The van der Waals surface area contributed by atoms with Gasteiger partial charge in [-0.3, -0.25) is 4.79 Å². The molecule has 0 aliphatic carbocycles. The van der Waals surface area contributed by atoms with Crippen LogP contribution in [0.3, 0.4) is 0 Å². The Morgan fingerprint density at radius 2 is 2.14 bits per heavy atom. The molecule has 0 radical (unpaired) electrons. The molecule has 2 aromatic rings. The lowest BCUT2D eigenvalue weighted by atomic mass is 10.1. The van der Waals surface area contributed by atoms with Crippen LogP contribution in [-0.2, 0) is 11.2 Å². The van der Waals surface area contributed by atoms with Gasteiger partial charge in [0.15, 0.2) is 0 Å². The van der Waals surface area contributed by atoms with Crippen molar-refractivity contribution in [1.82, 2.24) is 5.16 Å². The van der Waals surface area contributed by atoms with E-state index in [-0.39, 0.29) is 5.91 Å². The summed E-state index contributed by atoms with van der Waals surface area (Å²) in [6.07, 6.45) is 0.566. The summed E-state index contributed by atoms with van der Waals surface area (Å²) in [5, 5.41) is 6.82. The largest absolute Gasteiger partial charge is 0.465 e. The van der Waals surface area contributed by atoms with Crippen molar-refractivity contribution in [2.75, 3.05) is 12.4 Å². The first-order valence-corrected chi connectivity index (χ1v) is 7.00. The molecule has 7 heteroatoms. The Bertz CT molecular complexity index is 724. The highest BCUT2D eigenvalue weighted by Crippen LogP contribution is 2.25. The average Bonchev–Trinajstić information content (AvgIpc) is 2.89. The second-order valence-electron chi connectivity index (χ2n) is 4.55. The van der Waals surface area contributed by atoms with E-state index in [9.17, 15) is 9.59 Å². The van der Waals surface area contributed by atoms with Crippen molar-refractivity contribution in [3.63, 3.8) is 0 Å². The molecular weight excluding hydrogens is 308 g/mol. The second-order valence-corrected chi connectivity index (χ2v) is 4.96. The van der Waals surface area contributed by atoms with Gasteiger partial charge in [-0.05, 0) is 31.5 Å². The molecule has 22 heavy (non-hydrogen) atoms. The molecule has 6 nitrogen and oxygen atoms in total. The third-order valence-electron chi connectivity index (χ3n) is 3.13. The number of hydrogen-bond acceptors (Lipinski definition) is 5. The van der Waals surface area contributed by atoms with Crippen LogP contribution in [0.5, 0.6) is 0 Å². The number of esters is 1. The highest BCUT2D eigenvalue weighted by Gasteiger charge is 2.20. The van der Waals surface area contributed by atoms with E-state index in [0.717, 1.165) is 0 Å². The Kier molecular flexibility index (Phi) is 4.82. The number of aromatic nitrogens is 1. The first-order chi connectivity index (χ1) is 10.5. The quantitative estimate of drug-likeness (QED) is 0.874. The minimum Gasteiger partial charge on any atom is -0.465 e. The van der Waals surface area contributed by atoms with E-state index in [1.807, 2.05) is 6.92 Å². The molecule has 0 saturated carbocycles. The van der Waals surface area contributed by atoms with Crippen LogP contribution < -0.4 is 5.32 Å². The second kappa shape index (κ2) is 6.62. The predicted molar refractivity (Wildman–Crippen MR) is 81.4 cm³/mol. The predicted octanol–water partition coefficient (Wildman–Crippen LogP) is 3.24. The van der Waals surface area contributed by atoms with E-state index in [1.54, 1.807) is 6.92 Å². The Morgan fingerprint density at radius 1 is 1.41 bits per heavy atom. The first kappa shape index (κ1) is 16.0. The van der Waals surface area contributed by atoms with Crippen molar-refractivity contribution in [3.05, 3.63) is 45.8 Å². The van der Waals surface area contributed by atoms with Crippen LogP contribution >= 0.6 is 11.6 Å². The molecule has 0 aliphatic heterocycles. The van der Waals surface area contributed by atoms with Gasteiger partial charge in [-0.2, -0.15) is 0 Å². The number of benzene rings is 1. The minimum atomic E-state index is -0.512. The molecule has 0 unspecified atom stereocenters. The van der Waals surface area contributed by atoms with Crippen molar-refractivity contribution >= 4 is 29.2 Å². The summed E-state index contributed by atoms with van der Waals surface area (Å²) in [6.45, 7) is 3.53. The molecular formula is C15H15ClN2O4. The molecule has 0 aliphatic rings. The molecule has 0 atom stereocenters. The van der Waals surface area contributed by atoms with E-state index in [2.05, 4.69) is 15.2 Å². The summed E-state index contributed by atoms with van der Waals surface area (Å²) >= 11 is 6.06. The Morgan fingerprint density at radius 3 is 2.77 bits per heavy atom. The van der Waals surface area contributed by atoms with Gasteiger partial charge < -0.3 is 14.6 Å². The third-order valence-corrected chi connectivity index (χ3v) is 3.46. The number of hydrogen-bond donors (Lipinski definition) is 1.